The van der Waals surface area contributed by atoms with E-state index in [0.717, 1.165) is 55.6 Å². The minimum Gasteiger partial charge on any atom is -0.510 e. The molecule has 3 aromatic heterocycles. The van der Waals surface area contributed by atoms with Gasteiger partial charge in [-0.05, 0) is 96.7 Å². The van der Waals surface area contributed by atoms with Gasteiger partial charge in [-0.3, -0.25) is 4.57 Å². The van der Waals surface area contributed by atoms with Crippen molar-refractivity contribution in [3.05, 3.63) is 206 Å². The Morgan fingerprint density at radius 1 is 0.583 bits per heavy atom. The molecule has 0 amide bonds. The summed E-state index contributed by atoms with van der Waals surface area (Å²) in [5, 5.41) is 3.96. The first kappa shape index (κ1) is 44.8. The Morgan fingerprint density at radius 3 is 2.04 bits per heavy atom. The van der Waals surface area contributed by atoms with Crippen molar-refractivity contribution >= 4 is 46.1 Å². The Kier molecular flexibility index (Phi) is 10.8. The van der Waals surface area contributed by atoms with Gasteiger partial charge >= 0.3 is 0 Å². The predicted molar refractivity (Wildman–Crippen MR) is 291 cm³/mol. The van der Waals surface area contributed by atoms with E-state index in [1.165, 1.54) is 88.3 Å². The summed E-state index contributed by atoms with van der Waals surface area (Å²) in [6, 6.07) is 73.8. The summed E-state index contributed by atoms with van der Waals surface area (Å²) in [4.78, 5) is 4.90. The van der Waals surface area contributed by atoms with Gasteiger partial charge < -0.3 is 13.9 Å². The van der Waals surface area contributed by atoms with E-state index >= 15 is 0 Å². The summed E-state index contributed by atoms with van der Waals surface area (Å²) in [6.45, 7) is 6.71. The Balaban J connectivity index is 0.00000504. The quantitative estimate of drug-likeness (QED) is 0.0978. The van der Waals surface area contributed by atoms with Crippen LogP contribution < -0.4 is 14.5 Å². The van der Waals surface area contributed by atoms with Crippen molar-refractivity contribution in [1.29, 1.82) is 0 Å². The van der Waals surface area contributed by atoms with Crippen LogP contribution in [0.3, 0.4) is 0 Å². The standard InChI is InChI=1S/C65H52N4OSi.Pt/c1-65(2,3)45-33-34-66-62(39-45)69-58-27-9-8-23-54(58)55-32-31-48(41-60(55)69)70-47-18-12-17-46(40-47)67-42-68-63-49(44-30-29-43-16-15-37-71(61(43)38-44)35-10-11-36-71)24-13-25-56(63)52-21-6-4-19-50(52)51-20-5-7-22-53(51)57-26-14-28-59(67)64(57)68;/h4-9,12-14,17-34,38-39H,10-11,15-16,35-37H2,1-3H3;/q-2;. The fraction of sp³-hybridized carbons (Fsp3) is 0.169. The second-order valence-electron chi connectivity index (χ2n) is 21.0. The molecule has 3 aliphatic heterocycles. The monoisotopic (exact) mass is 1130 g/mol. The minimum absolute atomic E-state index is 0. The van der Waals surface area contributed by atoms with Gasteiger partial charge in [-0.15, -0.1) is 29.7 Å². The van der Waals surface area contributed by atoms with Crippen LogP contribution >= 0.6 is 0 Å². The maximum absolute atomic E-state index is 6.78. The van der Waals surface area contributed by atoms with Crippen molar-refractivity contribution in [3.8, 4) is 73.2 Å². The van der Waals surface area contributed by atoms with Gasteiger partial charge in [0.25, 0.3) is 6.33 Å². The van der Waals surface area contributed by atoms with Crippen LogP contribution in [-0.2, 0) is 32.9 Å². The normalized spacial score (nSPS) is 14.5. The second kappa shape index (κ2) is 17.3. The van der Waals surface area contributed by atoms with Crippen molar-refractivity contribution in [2.45, 2.75) is 70.0 Å². The number of ether oxygens (including phenoxy) is 1. The molecule has 0 saturated carbocycles. The van der Waals surface area contributed by atoms with Gasteiger partial charge in [0.15, 0.2) is 0 Å². The summed E-state index contributed by atoms with van der Waals surface area (Å²) in [7, 11) is -1.54. The average Bonchev–Trinajstić information content (AvgIpc) is 4.13. The number of pyridine rings is 1. The Bertz CT molecular complexity index is 3960. The zero-order valence-corrected chi connectivity index (χ0v) is 44.0. The molecule has 3 aliphatic rings. The van der Waals surface area contributed by atoms with E-state index in [4.69, 9.17) is 9.72 Å². The zero-order valence-electron chi connectivity index (χ0n) is 40.7. The molecule has 0 aliphatic carbocycles. The number of fused-ring (bicyclic) bond motifs is 12. The van der Waals surface area contributed by atoms with Crippen LogP contribution in [0.25, 0.3) is 94.5 Å². The molecule has 0 bridgehead atoms. The first-order chi connectivity index (χ1) is 34.8. The number of imidazole rings is 1. The molecule has 11 aromatic rings. The maximum atomic E-state index is 6.78. The van der Waals surface area contributed by atoms with Crippen molar-refractivity contribution in [2.24, 2.45) is 0 Å². The molecule has 8 aromatic carbocycles. The Morgan fingerprint density at radius 2 is 1.24 bits per heavy atom. The van der Waals surface area contributed by atoms with Crippen LogP contribution in [-0.4, -0.2) is 22.2 Å². The zero-order chi connectivity index (χ0) is 47.4. The van der Waals surface area contributed by atoms with Gasteiger partial charge in [0.1, 0.15) is 5.82 Å². The molecule has 1 fully saturated rings. The van der Waals surface area contributed by atoms with Crippen LogP contribution in [0.4, 0.5) is 0 Å². The van der Waals surface area contributed by atoms with E-state index < -0.39 is 8.07 Å². The van der Waals surface area contributed by atoms with Crippen LogP contribution in [0.15, 0.2) is 176 Å². The second-order valence-corrected chi connectivity index (χ2v) is 25.6. The van der Waals surface area contributed by atoms with Crippen molar-refractivity contribution in [3.63, 3.8) is 0 Å². The number of hydrogen-bond acceptors (Lipinski definition) is 2. The van der Waals surface area contributed by atoms with E-state index in [2.05, 4.69) is 211 Å². The number of nitrogens with zero attached hydrogens (tertiary/aromatic N) is 4. The van der Waals surface area contributed by atoms with E-state index in [0.29, 0.717) is 11.5 Å². The molecule has 14 rings (SSSR count). The fourth-order valence-electron chi connectivity index (χ4n) is 12.6. The van der Waals surface area contributed by atoms with Gasteiger partial charge in [0, 0.05) is 44.3 Å². The maximum Gasteiger partial charge on any atom is 0.268 e. The number of hydrogen-bond donors (Lipinski definition) is 0. The largest absolute Gasteiger partial charge is 0.510 e. The third-order valence-electron chi connectivity index (χ3n) is 15.9. The van der Waals surface area contributed by atoms with Gasteiger partial charge in [0.2, 0.25) is 0 Å². The first-order valence-corrected chi connectivity index (χ1v) is 28.0. The first-order valence-electron chi connectivity index (χ1n) is 25.4. The smallest absolute Gasteiger partial charge is 0.268 e. The molecule has 0 N–H and O–H groups in total. The van der Waals surface area contributed by atoms with Crippen LogP contribution in [0.5, 0.6) is 11.5 Å². The van der Waals surface area contributed by atoms with Gasteiger partial charge in [0.05, 0.1) is 24.8 Å². The molecule has 6 heterocycles. The van der Waals surface area contributed by atoms with Crippen LogP contribution in [0.2, 0.25) is 18.1 Å². The molecule has 1 saturated heterocycles. The topological polar surface area (TPSA) is 35.9 Å². The van der Waals surface area contributed by atoms with E-state index in [1.807, 2.05) is 18.3 Å². The number of rotatable bonds is 5. The summed E-state index contributed by atoms with van der Waals surface area (Å²) >= 11 is 0. The molecular weight excluding hydrogens is 1080 g/mol. The molecule has 1 spiro atoms. The SMILES string of the molecule is CC(C)(C)c1ccnc(-n2c3[c-]c(Oc4[c-]c(-n5[c-][n+]6c7c(cccc75)-c5ccccc5-c5ccccc5-c5cccc(-c7ccc8c(c7)[Si]7(CCCC7)CCC8)c5-6)ccc4)ccc3c3ccccc32)c1.[Pt]. The van der Waals surface area contributed by atoms with Gasteiger partial charge in [-0.25, -0.2) is 4.98 Å². The molecule has 0 unspecified atom stereocenters. The van der Waals surface area contributed by atoms with E-state index in [-0.39, 0.29) is 26.5 Å². The fourth-order valence-corrected chi connectivity index (χ4v) is 18.2. The number of benzene rings is 8. The summed E-state index contributed by atoms with van der Waals surface area (Å²) < 4.78 is 13.5. The van der Waals surface area contributed by atoms with Gasteiger partial charge in [-0.1, -0.05) is 190 Å². The third-order valence-corrected chi connectivity index (χ3v) is 21.5. The molecular formula is C65H52N4OPtSi-2. The third kappa shape index (κ3) is 7.12. The number of aryl methyl sites for hydroxylation is 1. The van der Waals surface area contributed by atoms with Crippen LogP contribution in [0.1, 0.15) is 51.2 Å². The molecule has 354 valence electrons. The number of aromatic nitrogens is 4. The predicted octanol–water partition coefficient (Wildman–Crippen LogP) is 15.3. The number of para-hydroxylation sites is 3. The average molecular weight is 1130 g/mol. The van der Waals surface area contributed by atoms with Crippen molar-refractivity contribution in [2.75, 3.05) is 0 Å². The minimum atomic E-state index is -1.54. The van der Waals surface area contributed by atoms with E-state index in [1.54, 1.807) is 10.8 Å². The molecule has 72 heavy (non-hydrogen) atoms. The Hall–Kier alpha value is -7.11. The van der Waals surface area contributed by atoms with Gasteiger partial charge in [-0.2, -0.15) is 18.2 Å². The summed E-state index contributed by atoms with van der Waals surface area (Å²) in [6.07, 6.45) is 11.2. The Labute approximate surface area is 436 Å². The molecule has 7 heteroatoms. The molecule has 0 radical (unpaired) electrons. The van der Waals surface area contributed by atoms with Crippen molar-refractivity contribution in [1.82, 2.24) is 14.1 Å². The molecule has 0 atom stereocenters. The summed E-state index contributed by atoms with van der Waals surface area (Å²) in [5.41, 5.74) is 18.5. The van der Waals surface area contributed by atoms with E-state index in [9.17, 15) is 0 Å². The van der Waals surface area contributed by atoms with Crippen LogP contribution in [0, 0.1) is 18.5 Å². The summed E-state index contributed by atoms with van der Waals surface area (Å²) in [5.74, 6) is 2.05. The molecule has 5 nitrogen and oxygen atoms in total. The van der Waals surface area contributed by atoms with Crippen molar-refractivity contribution < 1.29 is 30.4 Å².